The summed E-state index contributed by atoms with van der Waals surface area (Å²) < 4.78 is 28.1. The van der Waals surface area contributed by atoms with Crippen molar-refractivity contribution in [1.82, 2.24) is 0 Å². The Morgan fingerprint density at radius 3 is 2.27 bits per heavy atom. The number of carbonyl (C=O) groups excluding carboxylic acids is 1. The van der Waals surface area contributed by atoms with Gasteiger partial charge in [-0.25, -0.2) is 0 Å². The summed E-state index contributed by atoms with van der Waals surface area (Å²) in [5, 5.41) is 30.2. The van der Waals surface area contributed by atoms with Crippen LogP contribution >= 0.6 is 0 Å². The topological polar surface area (TPSA) is 145 Å². The molecule has 0 unspecified atom stereocenters. The maximum absolute atomic E-state index is 13.1. The fourth-order valence-corrected chi connectivity index (χ4v) is 4.64. The third-order valence-corrected chi connectivity index (χ3v) is 6.29. The molecule has 190 valence electrons. The van der Waals surface area contributed by atoms with Gasteiger partial charge in [-0.1, -0.05) is 6.07 Å². The van der Waals surface area contributed by atoms with E-state index >= 15 is 0 Å². The molecule has 2 heterocycles. The standard InChI is InChI=1S/C27H22O10/c1-33-19-7-5-13(25(34-2)26(19)35-3)14-9-22(32)36-21-11-18(31)24-17(30)10-20(37-27(24)23(14)21)12-4-6-15(28)16(29)8-12/h4-8,10-11,14,28-29,31H,9H2,1-3H3/t14-/m0/s1. The van der Waals surface area contributed by atoms with Crippen LogP contribution in [0.3, 0.4) is 0 Å². The Labute approximate surface area is 209 Å². The molecule has 0 spiro atoms. The molecule has 1 aromatic heterocycles. The van der Waals surface area contributed by atoms with Crippen LogP contribution in [-0.4, -0.2) is 42.6 Å². The lowest BCUT2D eigenvalue weighted by atomic mass is 9.84. The number of esters is 1. The van der Waals surface area contributed by atoms with Gasteiger partial charge >= 0.3 is 5.97 Å². The normalized spacial score (nSPS) is 14.7. The van der Waals surface area contributed by atoms with Crippen molar-refractivity contribution in [3.05, 3.63) is 63.8 Å². The second kappa shape index (κ2) is 8.98. The van der Waals surface area contributed by atoms with Crippen molar-refractivity contribution in [2.75, 3.05) is 21.3 Å². The lowest BCUT2D eigenvalue weighted by Gasteiger charge is -2.28. The molecule has 0 fully saturated rings. The molecule has 37 heavy (non-hydrogen) atoms. The minimum atomic E-state index is -0.708. The van der Waals surface area contributed by atoms with Crippen LogP contribution in [0.15, 0.2) is 51.7 Å². The third-order valence-electron chi connectivity index (χ3n) is 6.29. The Hall–Kier alpha value is -4.86. The number of phenols is 3. The Balaban J connectivity index is 1.83. The molecule has 1 aliphatic rings. The van der Waals surface area contributed by atoms with Crippen LogP contribution in [0.25, 0.3) is 22.3 Å². The molecule has 3 aromatic carbocycles. The van der Waals surface area contributed by atoms with Gasteiger partial charge in [0.15, 0.2) is 28.4 Å². The van der Waals surface area contributed by atoms with Gasteiger partial charge in [0.25, 0.3) is 0 Å². The summed E-state index contributed by atoms with van der Waals surface area (Å²) in [5.74, 6) is -1.30. The molecule has 10 nitrogen and oxygen atoms in total. The highest BCUT2D eigenvalue weighted by molar-refractivity contribution is 5.93. The maximum Gasteiger partial charge on any atom is 0.312 e. The minimum Gasteiger partial charge on any atom is -0.507 e. The number of hydrogen-bond acceptors (Lipinski definition) is 10. The van der Waals surface area contributed by atoms with Crippen molar-refractivity contribution < 1.29 is 43.5 Å². The van der Waals surface area contributed by atoms with Crippen molar-refractivity contribution in [3.63, 3.8) is 0 Å². The molecule has 1 aliphatic heterocycles. The zero-order chi connectivity index (χ0) is 26.4. The van der Waals surface area contributed by atoms with E-state index < -0.39 is 28.8 Å². The van der Waals surface area contributed by atoms with Gasteiger partial charge in [-0.2, -0.15) is 0 Å². The number of rotatable bonds is 5. The highest BCUT2D eigenvalue weighted by atomic mass is 16.5. The average Bonchev–Trinajstić information content (AvgIpc) is 2.88. The number of phenolic OH excluding ortho intramolecular Hbond substituents is 3. The molecule has 3 N–H and O–H groups in total. The van der Waals surface area contributed by atoms with Gasteiger partial charge in [-0.05, 0) is 24.3 Å². The second-order valence-electron chi connectivity index (χ2n) is 8.34. The molecule has 0 aliphatic carbocycles. The van der Waals surface area contributed by atoms with Gasteiger partial charge in [-0.15, -0.1) is 0 Å². The van der Waals surface area contributed by atoms with Gasteiger partial charge in [0, 0.05) is 34.7 Å². The first kappa shape index (κ1) is 23.9. The predicted octanol–water partition coefficient (Wildman–Crippen LogP) is 4.04. The van der Waals surface area contributed by atoms with Crippen molar-refractivity contribution in [3.8, 4) is 51.6 Å². The number of hydrogen-bond donors (Lipinski definition) is 3. The summed E-state index contributed by atoms with van der Waals surface area (Å²) in [5.41, 5.74) is 0.637. The number of carbonyl (C=O) groups is 1. The van der Waals surface area contributed by atoms with Gasteiger partial charge in [-0.3, -0.25) is 9.59 Å². The fraction of sp³-hybridized carbons (Fsp3) is 0.185. The molecule has 5 rings (SSSR count). The summed E-state index contributed by atoms with van der Waals surface area (Å²) in [6, 6.07) is 9.71. The number of benzene rings is 3. The first-order valence-electron chi connectivity index (χ1n) is 11.1. The quantitative estimate of drug-likeness (QED) is 0.206. The maximum atomic E-state index is 13.1. The number of methoxy groups -OCH3 is 3. The lowest BCUT2D eigenvalue weighted by Crippen LogP contribution is -2.22. The molecule has 4 aromatic rings. The molecule has 10 heteroatoms. The number of ether oxygens (including phenoxy) is 4. The van der Waals surface area contributed by atoms with E-state index in [0.29, 0.717) is 33.9 Å². The smallest absolute Gasteiger partial charge is 0.312 e. The van der Waals surface area contributed by atoms with E-state index in [0.717, 1.165) is 0 Å². The monoisotopic (exact) mass is 506 g/mol. The Kier molecular flexibility index (Phi) is 5.79. The van der Waals surface area contributed by atoms with Crippen LogP contribution in [0.2, 0.25) is 0 Å². The van der Waals surface area contributed by atoms with E-state index in [1.54, 1.807) is 12.1 Å². The van der Waals surface area contributed by atoms with Gasteiger partial charge in [0.2, 0.25) is 5.75 Å². The average molecular weight is 506 g/mol. The summed E-state index contributed by atoms with van der Waals surface area (Å²) >= 11 is 0. The molecule has 0 bridgehead atoms. The van der Waals surface area contributed by atoms with Crippen LogP contribution < -0.4 is 24.4 Å². The van der Waals surface area contributed by atoms with Crippen molar-refractivity contribution >= 4 is 16.9 Å². The highest BCUT2D eigenvalue weighted by Crippen LogP contribution is 2.51. The second-order valence-corrected chi connectivity index (χ2v) is 8.34. The summed E-state index contributed by atoms with van der Waals surface area (Å²) in [6.45, 7) is 0. The first-order chi connectivity index (χ1) is 17.8. The summed E-state index contributed by atoms with van der Waals surface area (Å²) in [7, 11) is 4.39. The van der Waals surface area contributed by atoms with E-state index in [1.165, 1.54) is 51.7 Å². The molecular formula is C27H22O10. The zero-order valence-electron chi connectivity index (χ0n) is 20.0. The van der Waals surface area contributed by atoms with Gasteiger partial charge in [0.05, 0.1) is 27.8 Å². The Bertz CT molecular complexity index is 1620. The number of fused-ring (bicyclic) bond motifs is 3. The third kappa shape index (κ3) is 3.83. The minimum absolute atomic E-state index is 0.000553. The van der Waals surface area contributed by atoms with E-state index in [-0.39, 0.29) is 34.6 Å². The van der Waals surface area contributed by atoms with E-state index in [1.807, 2.05) is 0 Å². The van der Waals surface area contributed by atoms with Crippen LogP contribution in [0.5, 0.6) is 40.2 Å². The van der Waals surface area contributed by atoms with Crippen molar-refractivity contribution in [1.29, 1.82) is 0 Å². The molecular weight excluding hydrogens is 484 g/mol. The van der Waals surface area contributed by atoms with Crippen LogP contribution in [0.1, 0.15) is 23.5 Å². The molecule has 0 saturated carbocycles. The molecule has 0 saturated heterocycles. The van der Waals surface area contributed by atoms with Crippen LogP contribution in [0, 0.1) is 0 Å². The molecule has 1 atom stereocenters. The summed E-state index contributed by atoms with van der Waals surface area (Å²) in [6.07, 6.45) is -0.118. The van der Waals surface area contributed by atoms with Crippen LogP contribution in [-0.2, 0) is 4.79 Å². The van der Waals surface area contributed by atoms with E-state index in [4.69, 9.17) is 23.4 Å². The van der Waals surface area contributed by atoms with Crippen LogP contribution in [0.4, 0.5) is 0 Å². The van der Waals surface area contributed by atoms with E-state index in [9.17, 15) is 24.9 Å². The predicted molar refractivity (Wildman–Crippen MR) is 131 cm³/mol. The molecule has 0 amide bonds. The zero-order valence-corrected chi connectivity index (χ0v) is 20.0. The SMILES string of the molecule is COc1ccc([C@@H]2CC(=O)Oc3cc(O)c4c(=O)cc(-c5ccc(O)c(O)c5)oc4c32)c(OC)c1OC. The molecule has 0 radical (unpaired) electrons. The largest absolute Gasteiger partial charge is 0.507 e. The first-order valence-corrected chi connectivity index (χ1v) is 11.1. The summed E-state index contributed by atoms with van der Waals surface area (Å²) in [4.78, 5) is 25.8. The van der Waals surface area contributed by atoms with Crippen molar-refractivity contribution in [2.24, 2.45) is 0 Å². The lowest BCUT2D eigenvalue weighted by molar-refractivity contribution is -0.135. The van der Waals surface area contributed by atoms with Gasteiger partial charge < -0.3 is 38.7 Å². The van der Waals surface area contributed by atoms with E-state index in [2.05, 4.69) is 0 Å². The Morgan fingerprint density at radius 2 is 1.59 bits per heavy atom. The van der Waals surface area contributed by atoms with Crippen molar-refractivity contribution in [2.45, 2.75) is 12.3 Å². The highest BCUT2D eigenvalue weighted by Gasteiger charge is 2.36. The van der Waals surface area contributed by atoms with Gasteiger partial charge in [0.1, 0.15) is 28.2 Å². The Morgan fingerprint density at radius 1 is 0.838 bits per heavy atom. The number of aromatic hydroxyl groups is 3. The fourth-order valence-electron chi connectivity index (χ4n) is 4.64.